The van der Waals surface area contributed by atoms with Crippen molar-refractivity contribution < 1.29 is 5.11 Å². The van der Waals surface area contributed by atoms with Crippen molar-refractivity contribution in [1.82, 2.24) is 9.47 Å². The van der Waals surface area contributed by atoms with Crippen molar-refractivity contribution in [3.8, 4) is 0 Å². The molecule has 3 atom stereocenters. The summed E-state index contributed by atoms with van der Waals surface area (Å²) >= 11 is 0. The van der Waals surface area contributed by atoms with E-state index >= 15 is 0 Å². The summed E-state index contributed by atoms with van der Waals surface area (Å²) in [6.07, 6.45) is 0.704. The highest BCUT2D eigenvalue weighted by Crippen LogP contribution is 2.34. The number of aromatic nitrogens is 1. The van der Waals surface area contributed by atoms with Gasteiger partial charge in [0.15, 0.2) is 0 Å². The molecule has 0 spiro atoms. The predicted octanol–water partition coefficient (Wildman–Crippen LogP) is -0.413. The number of nitrogens with two attached hydrogens (primary N) is 1. The summed E-state index contributed by atoms with van der Waals surface area (Å²) in [5.41, 5.74) is 6.74. The number of rotatable bonds is 3. The Kier molecular flexibility index (Phi) is 3.43. The van der Waals surface area contributed by atoms with Crippen LogP contribution in [0.1, 0.15) is 18.0 Å². The summed E-state index contributed by atoms with van der Waals surface area (Å²) in [7, 11) is 0. The fourth-order valence-corrected chi connectivity index (χ4v) is 3.52. The maximum absolute atomic E-state index is 11.9. The zero-order valence-electron chi connectivity index (χ0n) is 11.0. The van der Waals surface area contributed by atoms with Gasteiger partial charge in [-0.25, -0.2) is 0 Å². The van der Waals surface area contributed by atoms with Crippen LogP contribution in [0, 0.1) is 5.92 Å². The summed E-state index contributed by atoms with van der Waals surface area (Å²) in [5.74, 6) is 0.919. The predicted molar refractivity (Wildman–Crippen MR) is 73.1 cm³/mol. The Morgan fingerprint density at radius 3 is 3.00 bits per heavy atom. The van der Waals surface area contributed by atoms with Gasteiger partial charge in [0.1, 0.15) is 0 Å². The van der Waals surface area contributed by atoms with Gasteiger partial charge in [-0.15, -0.1) is 0 Å². The molecule has 2 aliphatic rings. The van der Waals surface area contributed by atoms with Gasteiger partial charge >= 0.3 is 0 Å². The van der Waals surface area contributed by atoms with E-state index < -0.39 is 6.10 Å². The van der Waals surface area contributed by atoms with E-state index in [9.17, 15) is 9.90 Å². The Hall–Kier alpha value is -1.17. The molecule has 104 valence electrons. The van der Waals surface area contributed by atoms with E-state index in [1.54, 1.807) is 6.07 Å². The number of likely N-dealkylation sites (tertiary alicyclic amines) is 1. The first-order valence-electron chi connectivity index (χ1n) is 6.97. The summed E-state index contributed by atoms with van der Waals surface area (Å²) in [6, 6.07) is 5.55. The number of piperidine rings is 1. The molecule has 0 radical (unpaired) electrons. The first kappa shape index (κ1) is 12.8. The minimum atomic E-state index is -0.447. The maximum Gasteiger partial charge on any atom is 0.250 e. The second-order valence-corrected chi connectivity index (χ2v) is 5.81. The van der Waals surface area contributed by atoms with Gasteiger partial charge in [0.05, 0.1) is 6.10 Å². The Morgan fingerprint density at radius 1 is 1.37 bits per heavy atom. The van der Waals surface area contributed by atoms with Gasteiger partial charge in [0, 0.05) is 50.4 Å². The molecular weight excluding hydrogens is 242 g/mol. The molecule has 3 rings (SSSR count). The fourth-order valence-electron chi connectivity index (χ4n) is 3.52. The van der Waals surface area contributed by atoms with Gasteiger partial charge in [0.25, 0.3) is 5.56 Å². The van der Waals surface area contributed by atoms with Gasteiger partial charge < -0.3 is 15.4 Å². The lowest BCUT2D eigenvalue weighted by Crippen LogP contribution is -2.49. The summed E-state index contributed by atoms with van der Waals surface area (Å²) < 4.78 is 1.93. The molecule has 5 heteroatoms. The minimum absolute atomic E-state index is 0.114. The van der Waals surface area contributed by atoms with Gasteiger partial charge in [-0.2, -0.15) is 0 Å². The molecule has 1 aromatic rings. The Balaban J connectivity index is 1.82. The SMILES string of the molecule is NCC(O)CN1CC2CC(C1)c1cccc(=O)n1C2. The molecular formula is C14H21N3O2. The molecule has 5 nitrogen and oxygen atoms in total. The molecule has 0 aromatic carbocycles. The Morgan fingerprint density at radius 2 is 2.21 bits per heavy atom. The molecule has 3 N–H and O–H groups in total. The topological polar surface area (TPSA) is 71.5 Å². The van der Waals surface area contributed by atoms with Crippen LogP contribution in [0.15, 0.2) is 23.0 Å². The number of nitrogens with zero attached hydrogens (tertiary/aromatic N) is 2. The molecule has 2 aliphatic heterocycles. The minimum Gasteiger partial charge on any atom is -0.390 e. The van der Waals surface area contributed by atoms with E-state index in [2.05, 4.69) is 11.0 Å². The van der Waals surface area contributed by atoms with E-state index in [-0.39, 0.29) is 5.56 Å². The van der Waals surface area contributed by atoms with Crippen LogP contribution in [0.2, 0.25) is 0 Å². The molecule has 3 heterocycles. The Labute approximate surface area is 112 Å². The van der Waals surface area contributed by atoms with E-state index in [4.69, 9.17) is 5.73 Å². The zero-order valence-corrected chi connectivity index (χ0v) is 11.0. The third-order valence-electron chi connectivity index (χ3n) is 4.30. The van der Waals surface area contributed by atoms with Crippen LogP contribution in [0.4, 0.5) is 0 Å². The van der Waals surface area contributed by atoms with E-state index in [1.165, 1.54) is 0 Å². The van der Waals surface area contributed by atoms with Crippen LogP contribution in [0.3, 0.4) is 0 Å². The third kappa shape index (κ3) is 2.45. The summed E-state index contributed by atoms with van der Waals surface area (Å²) in [4.78, 5) is 14.2. The lowest BCUT2D eigenvalue weighted by Gasteiger charge is -2.43. The first-order valence-corrected chi connectivity index (χ1v) is 6.97. The molecule has 0 aliphatic carbocycles. The van der Waals surface area contributed by atoms with Crippen molar-refractivity contribution in [2.75, 3.05) is 26.2 Å². The van der Waals surface area contributed by atoms with Gasteiger partial charge in [-0.3, -0.25) is 9.69 Å². The van der Waals surface area contributed by atoms with Crippen molar-refractivity contribution in [2.45, 2.75) is 25.0 Å². The van der Waals surface area contributed by atoms with E-state index in [0.717, 1.165) is 31.7 Å². The number of pyridine rings is 1. The summed E-state index contributed by atoms with van der Waals surface area (Å²) in [6.45, 7) is 3.62. The zero-order chi connectivity index (χ0) is 13.4. The molecule has 1 saturated heterocycles. The number of hydrogen-bond donors (Lipinski definition) is 2. The molecule has 0 saturated carbocycles. The standard InChI is InChI=1S/C14H21N3O2/c15-5-12(18)9-16-6-10-4-11(8-16)13-2-1-3-14(19)17(13)7-10/h1-3,10-12,18H,4-9,15H2. The monoisotopic (exact) mass is 263 g/mol. The van der Waals surface area contributed by atoms with Crippen LogP contribution >= 0.6 is 0 Å². The number of β-amino-alcohol motifs (C(OH)–C–C–N with tert-alkyl or cyclic N) is 1. The highest BCUT2D eigenvalue weighted by Gasteiger charge is 2.34. The second kappa shape index (κ2) is 5.07. The number of hydrogen-bond acceptors (Lipinski definition) is 4. The fraction of sp³-hybridized carbons (Fsp3) is 0.643. The number of aliphatic hydroxyl groups excluding tert-OH is 1. The van der Waals surface area contributed by atoms with Crippen molar-refractivity contribution in [3.05, 3.63) is 34.2 Å². The molecule has 1 aromatic heterocycles. The average Bonchev–Trinajstić information content (AvgIpc) is 2.40. The molecule has 2 bridgehead atoms. The maximum atomic E-state index is 11.9. The molecule has 19 heavy (non-hydrogen) atoms. The lowest BCUT2D eigenvalue weighted by molar-refractivity contribution is 0.0659. The smallest absolute Gasteiger partial charge is 0.250 e. The first-order chi connectivity index (χ1) is 9.17. The molecule has 0 amide bonds. The Bertz CT molecular complexity index is 514. The van der Waals surface area contributed by atoms with Crippen molar-refractivity contribution in [2.24, 2.45) is 11.7 Å². The van der Waals surface area contributed by atoms with Crippen LogP contribution in [0.5, 0.6) is 0 Å². The molecule has 3 unspecified atom stereocenters. The summed E-state index contributed by atoms with van der Waals surface area (Å²) in [5, 5.41) is 9.69. The largest absolute Gasteiger partial charge is 0.390 e. The third-order valence-corrected chi connectivity index (χ3v) is 4.30. The highest BCUT2D eigenvalue weighted by molar-refractivity contribution is 5.16. The lowest BCUT2D eigenvalue weighted by atomic mass is 9.83. The van der Waals surface area contributed by atoms with Gasteiger partial charge in [0.2, 0.25) is 0 Å². The quantitative estimate of drug-likeness (QED) is 0.777. The number of aliphatic hydroxyl groups is 1. The highest BCUT2D eigenvalue weighted by atomic mass is 16.3. The normalized spacial score (nSPS) is 27.9. The van der Waals surface area contributed by atoms with Crippen LogP contribution in [-0.4, -0.2) is 46.9 Å². The van der Waals surface area contributed by atoms with Crippen LogP contribution in [-0.2, 0) is 6.54 Å². The van der Waals surface area contributed by atoms with Crippen molar-refractivity contribution >= 4 is 0 Å². The second-order valence-electron chi connectivity index (χ2n) is 5.81. The van der Waals surface area contributed by atoms with E-state index in [0.29, 0.717) is 24.9 Å². The van der Waals surface area contributed by atoms with Crippen LogP contribution < -0.4 is 11.3 Å². The average molecular weight is 263 g/mol. The van der Waals surface area contributed by atoms with Crippen molar-refractivity contribution in [1.29, 1.82) is 0 Å². The van der Waals surface area contributed by atoms with Gasteiger partial charge in [-0.1, -0.05) is 6.07 Å². The molecule has 1 fully saturated rings. The van der Waals surface area contributed by atoms with E-state index in [1.807, 2.05) is 10.6 Å². The van der Waals surface area contributed by atoms with Crippen LogP contribution in [0.25, 0.3) is 0 Å². The van der Waals surface area contributed by atoms with Gasteiger partial charge in [-0.05, 0) is 18.4 Å². The number of fused-ring (bicyclic) bond motifs is 4. The van der Waals surface area contributed by atoms with Crippen molar-refractivity contribution in [3.63, 3.8) is 0 Å².